The second-order valence-corrected chi connectivity index (χ2v) is 7.53. The van der Waals surface area contributed by atoms with Gasteiger partial charge in [-0.15, -0.1) is 0 Å². The zero-order chi connectivity index (χ0) is 22.5. The van der Waals surface area contributed by atoms with Crippen molar-refractivity contribution in [2.45, 2.75) is 27.3 Å². The van der Waals surface area contributed by atoms with Crippen LogP contribution in [0.4, 0.5) is 5.69 Å². The van der Waals surface area contributed by atoms with Crippen molar-refractivity contribution in [2.24, 2.45) is 5.92 Å². The smallest absolute Gasteiger partial charge is 0.359 e. The van der Waals surface area contributed by atoms with Gasteiger partial charge in [-0.05, 0) is 43.2 Å². The number of amides is 1. The van der Waals surface area contributed by atoms with E-state index in [-0.39, 0.29) is 23.0 Å². The molecule has 0 aliphatic rings. The van der Waals surface area contributed by atoms with Crippen LogP contribution in [-0.2, 0) is 16.1 Å². The summed E-state index contributed by atoms with van der Waals surface area (Å²) in [5, 5.41) is 7.52. The maximum absolute atomic E-state index is 12.7. The largest absolute Gasteiger partial charge is 0.451 e. The summed E-state index contributed by atoms with van der Waals surface area (Å²) in [5.41, 5.74) is 0.695. The number of anilines is 1. The van der Waals surface area contributed by atoms with Crippen molar-refractivity contribution in [1.82, 2.24) is 9.78 Å². The Morgan fingerprint density at radius 2 is 1.68 bits per heavy atom. The molecule has 2 aromatic carbocycles. The summed E-state index contributed by atoms with van der Waals surface area (Å²) in [6.07, 6.45) is 0. The molecule has 8 heteroatoms. The molecule has 0 unspecified atom stereocenters. The Bertz CT molecular complexity index is 1200. The van der Waals surface area contributed by atoms with Gasteiger partial charge in [0.25, 0.3) is 11.5 Å². The van der Waals surface area contributed by atoms with Gasteiger partial charge in [-0.3, -0.25) is 14.4 Å². The molecule has 0 fully saturated rings. The number of nitrogens with one attached hydrogen (secondary N) is 1. The number of Topliss-reactive ketones (excluding diaryl/α,β-unsaturated/α-hetero) is 1. The highest BCUT2D eigenvalue weighted by Crippen LogP contribution is 2.15. The quantitative estimate of drug-likeness (QED) is 0.464. The Balaban J connectivity index is 1.75. The Labute approximate surface area is 178 Å². The molecular formula is C23H23N3O5. The van der Waals surface area contributed by atoms with E-state index in [0.29, 0.717) is 28.6 Å². The van der Waals surface area contributed by atoms with E-state index in [1.165, 1.54) is 11.6 Å². The van der Waals surface area contributed by atoms with Crippen molar-refractivity contribution in [2.75, 3.05) is 11.9 Å². The molecule has 0 spiro atoms. The number of fused-ring (bicyclic) bond motifs is 1. The Morgan fingerprint density at radius 1 is 1.03 bits per heavy atom. The van der Waals surface area contributed by atoms with Crippen LogP contribution in [0.1, 0.15) is 41.6 Å². The highest BCUT2D eigenvalue weighted by atomic mass is 16.5. The van der Waals surface area contributed by atoms with Gasteiger partial charge in [0.05, 0.1) is 5.39 Å². The van der Waals surface area contributed by atoms with Gasteiger partial charge in [0.2, 0.25) is 0 Å². The van der Waals surface area contributed by atoms with Gasteiger partial charge in [-0.2, -0.15) is 5.10 Å². The molecule has 3 aromatic rings. The standard InChI is InChI=1S/C23H23N3O5/c1-14(2)12-26-22(29)19-7-5-4-6-18(19)21(25-26)23(30)31-13-20(28)24-17-10-8-16(9-11-17)15(3)27/h4-11,14H,12-13H2,1-3H3,(H,24,28). The highest BCUT2D eigenvalue weighted by Gasteiger charge is 2.19. The predicted molar refractivity (Wildman–Crippen MR) is 116 cm³/mol. The van der Waals surface area contributed by atoms with E-state index < -0.39 is 18.5 Å². The van der Waals surface area contributed by atoms with Crippen molar-refractivity contribution in [1.29, 1.82) is 0 Å². The number of aromatic nitrogens is 2. The molecule has 3 rings (SSSR count). The summed E-state index contributed by atoms with van der Waals surface area (Å²) in [5.74, 6) is -1.26. The lowest BCUT2D eigenvalue weighted by molar-refractivity contribution is -0.119. The van der Waals surface area contributed by atoms with Gasteiger partial charge in [-0.1, -0.05) is 32.0 Å². The molecule has 1 aromatic heterocycles. The normalized spacial score (nSPS) is 10.8. The molecule has 0 aliphatic carbocycles. The van der Waals surface area contributed by atoms with Crippen LogP contribution in [-0.4, -0.2) is 34.0 Å². The number of esters is 1. The van der Waals surface area contributed by atoms with Crippen LogP contribution in [0.15, 0.2) is 53.3 Å². The second-order valence-electron chi connectivity index (χ2n) is 7.53. The van der Waals surface area contributed by atoms with Crippen molar-refractivity contribution in [3.63, 3.8) is 0 Å². The molecule has 0 saturated carbocycles. The number of hydrogen-bond donors (Lipinski definition) is 1. The molecule has 160 valence electrons. The summed E-state index contributed by atoms with van der Waals surface area (Å²) >= 11 is 0. The van der Waals surface area contributed by atoms with Crippen molar-refractivity contribution >= 4 is 34.1 Å². The summed E-state index contributed by atoms with van der Waals surface area (Å²) in [6, 6.07) is 13.0. The lowest BCUT2D eigenvalue weighted by atomic mass is 10.1. The Morgan fingerprint density at radius 3 is 2.29 bits per heavy atom. The fourth-order valence-corrected chi connectivity index (χ4v) is 3.04. The average molecular weight is 421 g/mol. The number of hydrogen-bond acceptors (Lipinski definition) is 6. The van der Waals surface area contributed by atoms with E-state index in [9.17, 15) is 19.2 Å². The lowest BCUT2D eigenvalue weighted by Crippen LogP contribution is -2.29. The van der Waals surface area contributed by atoms with E-state index in [0.717, 1.165) is 0 Å². The number of carbonyl (C=O) groups excluding carboxylic acids is 3. The van der Waals surface area contributed by atoms with Crippen molar-refractivity contribution < 1.29 is 19.1 Å². The second kappa shape index (κ2) is 9.34. The predicted octanol–water partition coefficient (Wildman–Crippen LogP) is 3.05. The number of ether oxygens (including phenoxy) is 1. The fourth-order valence-electron chi connectivity index (χ4n) is 3.04. The first-order valence-corrected chi connectivity index (χ1v) is 9.84. The molecule has 0 atom stereocenters. The molecule has 0 saturated heterocycles. The van der Waals surface area contributed by atoms with Crippen LogP contribution in [0.25, 0.3) is 10.8 Å². The van der Waals surface area contributed by atoms with E-state index in [2.05, 4.69) is 10.4 Å². The zero-order valence-electron chi connectivity index (χ0n) is 17.5. The topological polar surface area (TPSA) is 107 Å². The molecule has 1 N–H and O–H groups in total. The number of rotatable bonds is 7. The maximum Gasteiger partial charge on any atom is 0.359 e. The first-order valence-electron chi connectivity index (χ1n) is 9.84. The van der Waals surface area contributed by atoms with E-state index >= 15 is 0 Å². The summed E-state index contributed by atoms with van der Waals surface area (Å²) < 4.78 is 6.40. The third-order valence-electron chi connectivity index (χ3n) is 4.51. The third kappa shape index (κ3) is 5.22. The van der Waals surface area contributed by atoms with Crippen molar-refractivity contribution in [3.8, 4) is 0 Å². The minimum Gasteiger partial charge on any atom is -0.451 e. The summed E-state index contributed by atoms with van der Waals surface area (Å²) in [7, 11) is 0. The van der Waals surface area contributed by atoms with Crippen LogP contribution in [0.5, 0.6) is 0 Å². The van der Waals surface area contributed by atoms with Crippen molar-refractivity contribution in [3.05, 3.63) is 70.1 Å². The SMILES string of the molecule is CC(=O)c1ccc(NC(=O)COC(=O)c2nn(CC(C)C)c(=O)c3ccccc23)cc1. The van der Waals surface area contributed by atoms with Gasteiger partial charge < -0.3 is 10.1 Å². The van der Waals surface area contributed by atoms with E-state index in [1.54, 1.807) is 48.5 Å². The average Bonchev–Trinajstić information content (AvgIpc) is 2.74. The minimum absolute atomic E-state index is 0.0190. The van der Waals surface area contributed by atoms with E-state index in [1.807, 2.05) is 13.8 Å². The molecule has 8 nitrogen and oxygen atoms in total. The molecule has 1 amide bonds. The number of ketones is 1. The van der Waals surface area contributed by atoms with E-state index in [4.69, 9.17) is 4.74 Å². The van der Waals surface area contributed by atoms with Crippen LogP contribution < -0.4 is 10.9 Å². The molecule has 0 radical (unpaired) electrons. The van der Waals surface area contributed by atoms with Gasteiger partial charge in [0, 0.05) is 23.2 Å². The maximum atomic E-state index is 12.7. The fraction of sp³-hybridized carbons (Fsp3) is 0.261. The summed E-state index contributed by atoms with van der Waals surface area (Å²) in [6.45, 7) is 5.16. The van der Waals surface area contributed by atoms with Crippen LogP contribution in [0, 0.1) is 5.92 Å². The minimum atomic E-state index is -0.796. The van der Waals surface area contributed by atoms with Gasteiger partial charge >= 0.3 is 5.97 Å². The number of benzene rings is 2. The zero-order valence-corrected chi connectivity index (χ0v) is 17.5. The van der Waals surface area contributed by atoms with Gasteiger partial charge in [0.1, 0.15) is 0 Å². The monoisotopic (exact) mass is 421 g/mol. The molecule has 1 heterocycles. The van der Waals surface area contributed by atoms with Crippen LogP contribution in [0.2, 0.25) is 0 Å². The lowest BCUT2D eigenvalue weighted by Gasteiger charge is -2.12. The number of carbonyl (C=O) groups is 3. The third-order valence-corrected chi connectivity index (χ3v) is 4.51. The highest BCUT2D eigenvalue weighted by molar-refractivity contribution is 6.03. The molecule has 0 aliphatic heterocycles. The number of nitrogens with zero attached hydrogens (tertiary/aromatic N) is 2. The summed E-state index contributed by atoms with van der Waals surface area (Å²) in [4.78, 5) is 48.8. The molecular weight excluding hydrogens is 398 g/mol. The Hall–Kier alpha value is -3.81. The first-order chi connectivity index (χ1) is 14.8. The van der Waals surface area contributed by atoms with Gasteiger partial charge in [0.15, 0.2) is 18.1 Å². The van der Waals surface area contributed by atoms with Crippen LogP contribution >= 0.6 is 0 Å². The molecule has 31 heavy (non-hydrogen) atoms. The molecule has 0 bridgehead atoms. The van der Waals surface area contributed by atoms with Gasteiger partial charge in [-0.25, -0.2) is 9.48 Å². The van der Waals surface area contributed by atoms with Crippen LogP contribution in [0.3, 0.4) is 0 Å². The first kappa shape index (κ1) is 21.9. The Kier molecular flexibility index (Phi) is 6.59.